The second-order valence-corrected chi connectivity index (χ2v) is 5.36. The summed E-state index contributed by atoms with van der Waals surface area (Å²) in [5.74, 6) is 0.880. The van der Waals surface area contributed by atoms with Crippen molar-refractivity contribution in [2.75, 3.05) is 25.2 Å². The summed E-state index contributed by atoms with van der Waals surface area (Å²) >= 11 is 1.68. The van der Waals surface area contributed by atoms with E-state index < -0.39 is 12.1 Å². The third-order valence-electron chi connectivity index (χ3n) is 3.08. The van der Waals surface area contributed by atoms with Crippen molar-refractivity contribution in [1.29, 1.82) is 0 Å². The number of rotatable bonds is 7. The molecule has 2 unspecified atom stereocenters. The molecule has 2 rings (SSSR count). The van der Waals surface area contributed by atoms with Crippen LogP contribution in [0, 0.1) is 0 Å². The van der Waals surface area contributed by atoms with Gasteiger partial charge in [0.05, 0.1) is 25.1 Å². The number of fused-ring (bicyclic) bond motifs is 1. The molecule has 0 bridgehead atoms. The average Bonchev–Trinajstić information content (AvgIpc) is 2.88. The molecule has 110 valence electrons. The standard InChI is InChI=1S/C12H18N4O3S/c1-20-3-2-13-9(8(18)5-17)7-4-14-11-10(7)15-6-16-12(11)19/h4,6,8-9,13-14,17-18H,2-3,5H2,1H3,(H,15,16,19). The quantitative estimate of drug-likeness (QED) is 0.444. The summed E-state index contributed by atoms with van der Waals surface area (Å²) in [6.07, 6.45) is 4.00. The largest absolute Gasteiger partial charge is 0.394 e. The number of aliphatic hydroxyl groups is 2. The summed E-state index contributed by atoms with van der Waals surface area (Å²) in [7, 11) is 0. The van der Waals surface area contributed by atoms with Gasteiger partial charge < -0.3 is 25.5 Å². The summed E-state index contributed by atoms with van der Waals surface area (Å²) in [5.41, 5.74) is 1.28. The number of hydrogen-bond acceptors (Lipinski definition) is 6. The third kappa shape index (κ3) is 3.04. The minimum atomic E-state index is -0.961. The molecule has 0 aliphatic rings. The Balaban J connectivity index is 2.35. The number of nitrogens with one attached hydrogen (secondary N) is 3. The lowest BCUT2D eigenvalue weighted by Gasteiger charge is -2.22. The van der Waals surface area contributed by atoms with Gasteiger partial charge in [-0.25, -0.2) is 4.98 Å². The van der Waals surface area contributed by atoms with Crippen molar-refractivity contribution in [3.05, 3.63) is 28.4 Å². The summed E-state index contributed by atoms with van der Waals surface area (Å²) < 4.78 is 0. The zero-order valence-corrected chi connectivity index (χ0v) is 11.9. The van der Waals surface area contributed by atoms with Gasteiger partial charge in [-0.3, -0.25) is 4.79 Å². The second-order valence-electron chi connectivity index (χ2n) is 4.37. The van der Waals surface area contributed by atoms with E-state index in [9.17, 15) is 15.0 Å². The van der Waals surface area contributed by atoms with E-state index in [-0.39, 0.29) is 12.2 Å². The first-order chi connectivity index (χ1) is 9.69. The number of thioether (sulfide) groups is 1. The molecule has 5 N–H and O–H groups in total. The van der Waals surface area contributed by atoms with Crippen molar-refractivity contribution in [2.24, 2.45) is 0 Å². The van der Waals surface area contributed by atoms with Crippen LogP contribution < -0.4 is 10.9 Å². The predicted octanol–water partition coefficient (Wildman–Crippen LogP) is -0.402. The first-order valence-corrected chi connectivity index (χ1v) is 7.64. The first kappa shape index (κ1) is 15.0. The van der Waals surface area contributed by atoms with Crippen LogP contribution in [-0.4, -0.2) is 56.4 Å². The maximum atomic E-state index is 11.7. The van der Waals surface area contributed by atoms with Gasteiger partial charge in [0.25, 0.3) is 5.56 Å². The van der Waals surface area contributed by atoms with Gasteiger partial charge in [-0.2, -0.15) is 11.8 Å². The third-order valence-corrected chi connectivity index (χ3v) is 3.69. The molecule has 0 aliphatic heterocycles. The fourth-order valence-electron chi connectivity index (χ4n) is 2.08. The molecule has 0 amide bonds. The van der Waals surface area contributed by atoms with E-state index in [1.165, 1.54) is 6.33 Å². The Morgan fingerprint density at radius 2 is 2.30 bits per heavy atom. The van der Waals surface area contributed by atoms with Crippen LogP contribution in [0.4, 0.5) is 0 Å². The molecular weight excluding hydrogens is 280 g/mol. The molecule has 0 fully saturated rings. The molecule has 2 heterocycles. The van der Waals surface area contributed by atoms with Crippen molar-refractivity contribution in [1.82, 2.24) is 20.3 Å². The highest BCUT2D eigenvalue weighted by atomic mass is 32.2. The molecule has 0 aromatic carbocycles. The van der Waals surface area contributed by atoms with E-state index in [0.29, 0.717) is 23.1 Å². The zero-order chi connectivity index (χ0) is 14.5. The Kier molecular flexibility index (Phi) is 5.18. The number of aromatic nitrogens is 3. The topological polar surface area (TPSA) is 114 Å². The van der Waals surface area contributed by atoms with Crippen LogP contribution in [0.15, 0.2) is 17.3 Å². The van der Waals surface area contributed by atoms with Crippen LogP contribution >= 0.6 is 11.8 Å². The fraction of sp³-hybridized carbons (Fsp3) is 0.500. The molecule has 8 heteroatoms. The highest BCUT2D eigenvalue weighted by Gasteiger charge is 2.24. The average molecular weight is 298 g/mol. The maximum Gasteiger partial charge on any atom is 0.275 e. The first-order valence-electron chi connectivity index (χ1n) is 6.25. The summed E-state index contributed by atoms with van der Waals surface area (Å²) in [4.78, 5) is 21.1. The molecule has 7 nitrogen and oxygen atoms in total. The number of aromatic amines is 2. The summed E-state index contributed by atoms with van der Waals surface area (Å²) in [6.45, 7) is 0.311. The summed E-state index contributed by atoms with van der Waals surface area (Å²) in [6, 6.07) is -0.477. The lowest BCUT2D eigenvalue weighted by Crippen LogP contribution is -2.35. The van der Waals surface area contributed by atoms with E-state index >= 15 is 0 Å². The zero-order valence-electron chi connectivity index (χ0n) is 11.1. The van der Waals surface area contributed by atoms with E-state index in [0.717, 1.165) is 5.75 Å². The maximum absolute atomic E-state index is 11.7. The highest BCUT2D eigenvalue weighted by molar-refractivity contribution is 7.98. The van der Waals surface area contributed by atoms with Crippen molar-refractivity contribution >= 4 is 22.8 Å². The molecule has 0 aliphatic carbocycles. The predicted molar refractivity (Wildman–Crippen MR) is 78.9 cm³/mol. The smallest absolute Gasteiger partial charge is 0.275 e. The Morgan fingerprint density at radius 1 is 1.50 bits per heavy atom. The molecule has 0 saturated heterocycles. The van der Waals surface area contributed by atoms with Gasteiger partial charge >= 0.3 is 0 Å². The van der Waals surface area contributed by atoms with Crippen molar-refractivity contribution < 1.29 is 10.2 Å². The van der Waals surface area contributed by atoms with E-state index in [1.54, 1.807) is 18.0 Å². The lowest BCUT2D eigenvalue weighted by molar-refractivity contribution is 0.0635. The van der Waals surface area contributed by atoms with Gasteiger partial charge in [-0.15, -0.1) is 0 Å². The van der Waals surface area contributed by atoms with Crippen LogP contribution in [0.5, 0.6) is 0 Å². The Bertz CT molecular complexity index is 612. The lowest BCUT2D eigenvalue weighted by atomic mass is 10.0. The number of aliphatic hydroxyl groups excluding tert-OH is 2. The summed E-state index contributed by atoms with van der Waals surface area (Å²) in [5, 5.41) is 22.3. The minimum absolute atomic E-state index is 0.261. The van der Waals surface area contributed by atoms with E-state index in [2.05, 4.69) is 20.3 Å². The normalized spacial score (nSPS) is 14.6. The highest BCUT2D eigenvalue weighted by Crippen LogP contribution is 2.23. The van der Waals surface area contributed by atoms with Crippen LogP contribution in [0.1, 0.15) is 11.6 Å². The molecule has 20 heavy (non-hydrogen) atoms. The number of hydrogen-bond donors (Lipinski definition) is 5. The minimum Gasteiger partial charge on any atom is -0.394 e. The molecule has 0 radical (unpaired) electrons. The van der Waals surface area contributed by atoms with Crippen molar-refractivity contribution in [2.45, 2.75) is 12.1 Å². The SMILES string of the molecule is CSCCNC(c1c[nH]c2c(=O)[nH]cnc12)C(O)CO. The number of H-pyrrole nitrogens is 2. The van der Waals surface area contributed by atoms with Gasteiger partial charge in [0, 0.05) is 24.1 Å². The molecule has 2 aromatic rings. The van der Waals surface area contributed by atoms with Crippen LogP contribution in [0.2, 0.25) is 0 Å². The Morgan fingerprint density at radius 3 is 3.00 bits per heavy atom. The van der Waals surface area contributed by atoms with Crippen molar-refractivity contribution in [3.8, 4) is 0 Å². The van der Waals surface area contributed by atoms with Crippen LogP contribution in [0.25, 0.3) is 11.0 Å². The fourth-order valence-corrected chi connectivity index (χ4v) is 2.40. The van der Waals surface area contributed by atoms with Crippen molar-refractivity contribution in [3.63, 3.8) is 0 Å². The van der Waals surface area contributed by atoms with Crippen LogP contribution in [-0.2, 0) is 0 Å². The molecular formula is C12H18N4O3S. The van der Waals surface area contributed by atoms with Gasteiger partial charge in [-0.1, -0.05) is 0 Å². The van der Waals surface area contributed by atoms with E-state index in [4.69, 9.17) is 0 Å². The van der Waals surface area contributed by atoms with Gasteiger partial charge in [0.15, 0.2) is 0 Å². The number of nitrogens with zero attached hydrogens (tertiary/aromatic N) is 1. The molecule has 0 spiro atoms. The van der Waals surface area contributed by atoms with Crippen LogP contribution in [0.3, 0.4) is 0 Å². The van der Waals surface area contributed by atoms with Gasteiger partial charge in [-0.05, 0) is 6.26 Å². The monoisotopic (exact) mass is 298 g/mol. The Hall–Kier alpha value is -1.35. The molecule has 0 saturated carbocycles. The van der Waals surface area contributed by atoms with E-state index in [1.807, 2.05) is 6.26 Å². The van der Waals surface area contributed by atoms with Gasteiger partial charge in [0.1, 0.15) is 11.0 Å². The van der Waals surface area contributed by atoms with Gasteiger partial charge in [0.2, 0.25) is 0 Å². The molecule has 2 aromatic heterocycles. The second kappa shape index (κ2) is 6.89. The molecule has 2 atom stereocenters. The Labute approximate surface area is 119 Å².